The average molecular weight is 144 g/mol. The predicted octanol–water partition coefficient (Wildman–Crippen LogP) is 1.78. The number of hydrogen-bond acceptors (Lipinski definition) is 2. The molecule has 54 valence electrons. The summed E-state index contributed by atoms with van der Waals surface area (Å²) in [6.07, 6.45) is 1.26. The third-order valence-corrected chi connectivity index (χ3v) is 1.27. The maximum Gasteiger partial charge on any atom is 0.111 e. The van der Waals surface area contributed by atoms with Crippen LogP contribution in [-0.4, -0.2) is 6.21 Å². The number of nitriles is 1. The van der Waals surface area contributed by atoms with Crippen molar-refractivity contribution in [2.45, 2.75) is 6.54 Å². The smallest absolute Gasteiger partial charge is 0.111 e. The Labute approximate surface area is 65.8 Å². The maximum atomic E-state index is 8.14. The van der Waals surface area contributed by atoms with E-state index in [0.717, 1.165) is 5.56 Å². The third-order valence-electron chi connectivity index (χ3n) is 1.27. The van der Waals surface area contributed by atoms with E-state index >= 15 is 0 Å². The molecule has 0 aliphatic carbocycles. The third kappa shape index (κ3) is 2.63. The molecule has 11 heavy (non-hydrogen) atoms. The van der Waals surface area contributed by atoms with Gasteiger partial charge in [-0.3, -0.25) is 4.99 Å². The van der Waals surface area contributed by atoms with Crippen molar-refractivity contribution in [3.8, 4) is 6.07 Å². The molecule has 0 aliphatic heterocycles. The highest BCUT2D eigenvalue weighted by atomic mass is 14.7. The van der Waals surface area contributed by atoms with Crippen LogP contribution in [0.25, 0.3) is 0 Å². The molecule has 2 heteroatoms. The Balaban J connectivity index is 2.53. The fourth-order valence-corrected chi connectivity index (χ4v) is 0.775. The predicted molar refractivity (Wildman–Crippen MR) is 44.3 cm³/mol. The molecule has 0 radical (unpaired) electrons. The van der Waals surface area contributed by atoms with Crippen molar-refractivity contribution in [3.63, 3.8) is 0 Å². The summed E-state index contributed by atoms with van der Waals surface area (Å²) in [6.45, 7) is 0.592. The molecule has 1 aromatic carbocycles. The molecule has 0 aromatic heterocycles. The van der Waals surface area contributed by atoms with Crippen molar-refractivity contribution in [1.82, 2.24) is 0 Å². The van der Waals surface area contributed by atoms with Crippen molar-refractivity contribution in [3.05, 3.63) is 35.9 Å². The van der Waals surface area contributed by atoms with Crippen molar-refractivity contribution in [2.24, 2.45) is 4.99 Å². The van der Waals surface area contributed by atoms with Gasteiger partial charge in [0.15, 0.2) is 0 Å². The van der Waals surface area contributed by atoms with Gasteiger partial charge in [0, 0.05) is 0 Å². The van der Waals surface area contributed by atoms with E-state index in [1.165, 1.54) is 6.21 Å². The summed E-state index contributed by atoms with van der Waals surface area (Å²) in [7, 11) is 0. The number of rotatable bonds is 2. The van der Waals surface area contributed by atoms with Crippen LogP contribution in [0.5, 0.6) is 0 Å². The van der Waals surface area contributed by atoms with E-state index < -0.39 is 0 Å². The van der Waals surface area contributed by atoms with Gasteiger partial charge >= 0.3 is 0 Å². The van der Waals surface area contributed by atoms with Gasteiger partial charge in [0.25, 0.3) is 0 Å². The van der Waals surface area contributed by atoms with Crippen LogP contribution in [0.3, 0.4) is 0 Å². The molecule has 0 heterocycles. The van der Waals surface area contributed by atoms with Crippen molar-refractivity contribution in [1.29, 1.82) is 5.26 Å². The molecular weight excluding hydrogens is 136 g/mol. The van der Waals surface area contributed by atoms with Crippen LogP contribution >= 0.6 is 0 Å². The number of nitrogens with zero attached hydrogens (tertiary/aromatic N) is 2. The highest BCUT2D eigenvalue weighted by Crippen LogP contribution is 1.98. The van der Waals surface area contributed by atoms with E-state index in [4.69, 9.17) is 5.26 Å². The van der Waals surface area contributed by atoms with Gasteiger partial charge in [-0.05, 0) is 5.56 Å². The maximum absolute atomic E-state index is 8.14. The van der Waals surface area contributed by atoms with Gasteiger partial charge in [0.1, 0.15) is 6.07 Å². The van der Waals surface area contributed by atoms with E-state index in [1.807, 2.05) is 36.4 Å². The molecule has 0 spiro atoms. The summed E-state index contributed by atoms with van der Waals surface area (Å²) in [5, 5.41) is 8.14. The van der Waals surface area contributed by atoms with Crippen LogP contribution in [0.15, 0.2) is 35.3 Å². The largest absolute Gasteiger partial charge is 0.277 e. The molecule has 1 aromatic rings. The quantitative estimate of drug-likeness (QED) is 0.583. The lowest BCUT2D eigenvalue weighted by Crippen LogP contribution is -1.78. The molecule has 0 atom stereocenters. The highest BCUT2D eigenvalue weighted by molar-refractivity contribution is 5.74. The summed E-state index contributed by atoms with van der Waals surface area (Å²) in [4.78, 5) is 3.87. The molecule has 1 rings (SSSR count). The summed E-state index contributed by atoms with van der Waals surface area (Å²) in [5.41, 5.74) is 1.12. The summed E-state index contributed by atoms with van der Waals surface area (Å²) in [6, 6.07) is 11.7. The van der Waals surface area contributed by atoms with Crippen LogP contribution in [0.2, 0.25) is 0 Å². The van der Waals surface area contributed by atoms with Gasteiger partial charge in [-0.2, -0.15) is 5.26 Å². The zero-order chi connectivity index (χ0) is 7.94. The fraction of sp³-hybridized carbons (Fsp3) is 0.111. The second-order valence-electron chi connectivity index (χ2n) is 2.08. The Hall–Kier alpha value is -1.62. The second-order valence-corrected chi connectivity index (χ2v) is 2.08. The van der Waals surface area contributed by atoms with Crippen molar-refractivity contribution in [2.75, 3.05) is 0 Å². The number of hydrogen-bond donors (Lipinski definition) is 0. The van der Waals surface area contributed by atoms with Crippen LogP contribution in [-0.2, 0) is 6.54 Å². The fourth-order valence-electron chi connectivity index (χ4n) is 0.775. The van der Waals surface area contributed by atoms with Crippen LogP contribution < -0.4 is 0 Å². The van der Waals surface area contributed by atoms with Gasteiger partial charge < -0.3 is 0 Å². The second kappa shape index (κ2) is 4.24. The molecular formula is C9H8N2. The summed E-state index contributed by atoms with van der Waals surface area (Å²) < 4.78 is 0. The van der Waals surface area contributed by atoms with Gasteiger partial charge in [-0.1, -0.05) is 30.3 Å². The minimum atomic E-state index is 0.592. The standard InChI is InChI=1S/C9H8N2/c10-6-7-11-8-9-4-2-1-3-5-9/h1-5,7H,8H2. The van der Waals surface area contributed by atoms with Crippen molar-refractivity contribution < 1.29 is 0 Å². The first-order valence-electron chi connectivity index (χ1n) is 3.35. The SMILES string of the molecule is N#CC=NCc1ccccc1. The van der Waals surface area contributed by atoms with Crippen LogP contribution in [0.4, 0.5) is 0 Å². The van der Waals surface area contributed by atoms with E-state index in [2.05, 4.69) is 4.99 Å². The molecule has 0 saturated heterocycles. The Morgan fingerprint density at radius 1 is 1.36 bits per heavy atom. The number of aliphatic imine (C=N–C) groups is 1. The first-order chi connectivity index (χ1) is 5.43. The first-order valence-corrected chi connectivity index (χ1v) is 3.35. The molecule has 0 amide bonds. The Morgan fingerprint density at radius 2 is 2.09 bits per heavy atom. The van der Waals surface area contributed by atoms with Crippen LogP contribution in [0.1, 0.15) is 5.56 Å². The Morgan fingerprint density at radius 3 is 2.73 bits per heavy atom. The lowest BCUT2D eigenvalue weighted by atomic mass is 10.2. The van der Waals surface area contributed by atoms with E-state index in [9.17, 15) is 0 Å². The summed E-state index contributed by atoms with van der Waals surface area (Å²) in [5.74, 6) is 0. The van der Waals surface area contributed by atoms with Gasteiger partial charge in [0.2, 0.25) is 0 Å². The lowest BCUT2D eigenvalue weighted by molar-refractivity contribution is 1.08. The Kier molecular flexibility index (Phi) is 2.88. The Bertz CT molecular complexity index is 269. The molecule has 0 fully saturated rings. The first kappa shape index (κ1) is 7.49. The van der Waals surface area contributed by atoms with Gasteiger partial charge in [-0.25, -0.2) is 0 Å². The zero-order valence-electron chi connectivity index (χ0n) is 6.07. The molecule has 0 saturated carbocycles. The molecule has 2 nitrogen and oxygen atoms in total. The van der Waals surface area contributed by atoms with Gasteiger partial charge in [-0.15, -0.1) is 0 Å². The van der Waals surface area contributed by atoms with E-state index in [-0.39, 0.29) is 0 Å². The summed E-state index contributed by atoms with van der Waals surface area (Å²) >= 11 is 0. The highest BCUT2D eigenvalue weighted by Gasteiger charge is 1.84. The van der Waals surface area contributed by atoms with Crippen LogP contribution in [0, 0.1) is 11.3 Å². The minimum Gasteiger partial charge on any atom is -0.277 e. The van der Waals surface area contributed by atoms with E-state index in [0.29, 0.717) is 6.54 Å². The molecule has 0 unspecified atom stereocenters. The van der Waals surface area contributed by atoms with E-state index in [1.54, 1.807) is 0 Å². The topological polar surface area (TPSA) is 36.1 Å². The van der Waals surface area contributed by atoms with Crippen molar-refractivity contribution >= 4 is 6.21 Å². The molecule has 0 aliphatic rings. The minimum absolute atomic E-state index is 0.592. The average Bonchev–Trinajstić information content (AvgIpc) is 2.07. The normalized spacial score (nSPS) is 9.73. The molecule has 0 bridgehead atoms. The number of benzene rings is 1. The molecule has 0 N–H and O–H groups in total. The zero-order valence-corrected chi connectivity index (χ0v) is 6.07. The monoisotopic (exact) mass is 144 g/mol. The lowest BCUT2D eigenvalue weighted by Gasteiger charge is -1.91. The van der Waals surface area contributed by atoms with Gasteiger partial charge in [0.05, 0.1) is 12.8 Å².